The summed E-state index contributed by atoms with van der Waals surface area (Å²) >= 11 is 0. The zero-order valence-corrected chi connectivity index (χ0v) is 11.3. The predicted molar refractivity (Wildman–Crippen MR) is 74.1 cm³/mol. The van der Waals surface area contributed by atoms with Gasteiger partial charge in [-0.2, -0.15) is 0 Å². The van der Waals surface area contributed by atoms with Crippen LogP contribution in [-0.4, -0.2) is 48.1 Å². The highest BCUT2D eigenvalue weighted by atomic mass is 16.2. The van der Waals surface area contributed by atoms with Crippen molar-refractivity contribution in [1.82, 2.24) is 10.2 Å². The molecule has 1 saturated heterocycles. The maximum absolute atomic E-state index is 12.5. The van der Waals surface area contributed by atoms with Gasteiger partial charge in [-0.1, -0.05) is 17.9 Å². The van der Waals surface area contributed by atoms with Crippen LogP contribution in [0.4, 0.5) is 0 Å². The van der Waals surface area contributed by atoms with E-state index in [0.717, 1.165) is 5.56 Å². The van der Waals surface area contributed by atoms with Gasteiger partial charge in [-0.3, -0.25) is 9.59 Å². The molecule has 2 N–H and O–H groups in total. The normalized spacial score (nSPS) is 14.3. The Morgan fingerprint density at radius 2 is 2.30 bits per heavy atom. The Morgan fingerprint density at radius 1 is 1.50 bits per heavy atom. The van der Waals surface area contributed by atoms with Gasteiger partial charge in [-0.05, 0) is 24.6 Å². The highest BCUT2D eigenvalue weighted by Crippen LogP contribution is 2.14. The standard InChI is InChI=1S/C15H16N2O3/c1-11-4-5-13(12(9-11)3-2-8-18)15(20)17-7-6-16-14(19)10-17/h4-5,9,18H,6-8,10H2,1H3,(H,16,19). The molecule has 0 bridgehead atoms. The fraction of sp³-hybridized carbons (Fsp3) is 0.333. The van der Waals surface area contributed by atoms with E-state index in [1.807, 2.05) is 13.0 Å². The molecule has 0 radical (unpaired) electrons. The summed E-state index contributed by atoms with van der Waals surface area (Å²) in [4.78, 5) is 25.3. The number of aliphatic hydroxyl groups is 1. The minimum Gasteiger partial charge on any atom is -0.384 e. The van der Waals surface area contributed by atoms with Crippen LogP contribution in [0.1, 0.15) is 21.5 Å². The molecule has 1 aromatic carbocycles. The molecule has 2 amide bonds. The molecule has 1 aliphatic rings. The average Bonchev–Trinajstić information content (AvgIpc) is 2.44. The first-order valence-electron chi connectivity index (χ1n) is 6.38. The van der Waals surface area contributed by atoms with E-state index in [9.17, 15) is 9.59 Å². The lowest BCUT2D eigenvalue weighted by Crippen LogP contribution is -2.50. The lowest BCUT2D eigenvalue weighted by Gasteiger charge is -2.27. The van der Waals surface area contributed by atoms with Gasteiger partial charge < -0.3 is 15.3 Å². The van der Waals surface area contributed by atoms with Crippen LogP contribution in [0.25, 0.3) is 0 Å². The molecule has 5 nitrogen and oxygen atoms in total. The third-order valence-corrected chi connectivity index (χ3v) is 3.03. The van der Waals surface area contributed by atoms with E-state index in [2.05, 4.69) is 17.2 Å². The van der Waals surface area contributed by atoms with E-state index in [0.29, 0.717) is 24.2 Å². The van der Waals surface area contributed by atoms with Crippen LogP contribution in [-0.2, 0) is 4.79 Å². The fourth-order valence-corrected chi connectivity index (χ4v) is 2.07. The van der Waals surface area contributed by atoms with Gasteiger partial charge in [0.1, 0.15) is 6.61 Å². The number of aliphatic hydroxyl groups excluding tert-OH is 1. The van der Waals surface area contributed by atoms with Crippen molar-refractivity contribution in [1.29, 1.82) is 0 Å². The van der Waals surface area contributed by atoms with Crippen LogP contribution < -0.4 is 5.32 Å². The molecule has 2 rings (SSSR count). The Labute approximate surface area is 117 Å². The van der Waals surface area contributed by atoms with Gasteiger partial charge in [0.15, 0.2) is 0 Å². The first kappa shape index (κ1) is 14.1. The minimum atomic E-state index is -0.256. The first-order chi connectivity index (χ1) is 9.61. The highest BCUT2D eigenvalue weighted by molar-refractivity contribution is 5.99. The monoisotopic (exact) mass is 272 g/mol. The summed E-state index contributed by atoms with van der Waals surface area (Å²) in [6.07, 6.45) is 0. The molecular formula is C15H16N2O3. The molecule has 0 atom stereocenters. The molecule has 1 aliphatic heterocycles. The number of aryl methyl sites for hydroxylation is 1. The molecule has 0 saturated carbocycles. The number of carbonyl (C=O) groups excluding carboxylic acids is 2. The Bertz CT molecular complexity index is 599. The van der Waals surface area contributed by atoms with Gasteiger partial charge in [0.05, 0.1) is 12.1 Å². The number of carbonyl (C=O) groups is 2. The van der Waals surface area contributed by atoms with Gasteiger partial charge in [0, 0.05) is 18.7 Å². The molecule has 0 aromatic heterocycles. The summed E-state index contributed by atoms with van der Waals surface area (Å²) in [5.41, 5.74) is 2.03. The molecule has 0 unspecified atom stereocenters. The molecule has 1 fully saturated rings. The second kappa shape index (κ2) is 6.22. The molecule has 1 heterocycles. The van der Waals surface area contributed by atoms with Gasteiger partial charge >= 0.3 is 0 Å². The second-order valence-electron chi connectivity index (χ2n) is 4.59. The largest absolute Gasteiger partial charge is 0.384 e. The highest BCUT2D eigenvalue weighted by Gasteiger charge is 2.23. The maximum Gasteiger partial charge on any atom is 0.255 e. The van der Waals surface area contributed by atoms with Crippen LogP contribution in [0.2, 0.25) is 0 Å². The smallest absolute Gasteiger partial charge is 0.255 e. The van der Waals surface area contributed by atoms with Crippen molar-refractivity contribution in [2.75, 3.05) is 26.2 Å². The summed E-state index contributed by atoms with van der Waals surface area (Å²) in [7, 11) is 0. The van der Waals surface area contributed by atoms with Gasteiger partial charge in [0.25, 0.3) is 5.91 Å². The second-order valence-corrected chi connectivity index (χ2v) is 4.59. The van der Waals surface area contributed by atoms with Crippen LogP contribution in [0.15, 0.2) is 18.2 Å². The van der Waals surface area contributed by atoms with Crippen molar-refractivity contribution in [2.24, 2.45) is 0 Å². The summed E-state index contributed by atoms with van der Waals surface area (Å²) < 4.78 is 0. The lowest BCUT2D eigenvalue weighted by molar-refractivity contribution is -0.123. The lowest BCUT2D eigenvalue weighted by atomic mass is 10.0. The zero-order chi connectivity index (χ0) is 14.5. The van der Waals surface area contributed by atoms with Crippen molar-refractivity contribution in [3.63, 3.8) is 0 Å². The number of amides is 2. The van der Waals surface area contributed by atoms with E-state index in [1.54, 1.807) is 12.1 Å². The van der Waals surface area contributed by atoms with Crippen molar-refractivity contribution in [3.8, 4) is 11.8 Å². The molecule has 0 aliphatic carbocycles. The van der Waals surface area contributed by atoms with E-state index >= 15 is 0 Å². The number of nitrogens with one attached hydrogen (secondary N) is 1. The van der Waals surface area contributed by atoms with Crippen LogP contribution in [0.5, 0.6) is 0 Å². The number of hydrogen-bond donors (Lipinski definition) is 2. The number of nitrogens with zero attached hydrogens (tertiary/aromatic N) is 1. The van der Waals surface area contributed by atoms with Crippen LogP contribution >= 0.6 is 0 Å². The Balaban J connectivity index is 2.31. The van der Waals surface area contributed by atoms with Crippen molar-refractivity contribution < 1.29 is 14.7 Å². The first-order valence-corrected chi connectivity index (χ1v) is 6.38. The van der Waals surface area contributed by atoms with Crippen molar-refractivity contribution in [3.05, 3.63) is 34.9 Å². The maximum atomic E-state index is 12.5. The van der Waals surface area contributed by atoms with Crippen molar-refractivity contribution >= 4 is 11.8 Å². The molecule has 0 spiro atoms. The van der Waals surface area contributed by atoms with E-state index in [-0.39, 0.29) is 25.0 Å². The topological polar surface area (TPSA) is 69.6 Å². The Kier molecular flexibility index (Phi) is 4.38. The van der Waals surface area contributed by atoms with E-state index < -0.39 is 0 Å². The quantitative estimate of drug-likeness (QED) is 0.702. The number of hydrogen-bond acceptors (Lipinski definition) is 3. The van der Waals surface area contributed by atoms with E-state index in [1.165, 1.54) is 4.90 Å². The predicted octanol–water partition coefficient (Wildman–Crippen LogP) is -0.0892. The number of piperazine rings is 1. The fourth-order valence-electron chi connectivity index (χ4n) is 2.07. The molecule has 20 heavy (non-hydrogen) atoms. The van der Waals surface area contributed by atoms with Gasteiger partial charge in [0.2, 0.25) is 5.91 Å². The summed E-state index contributed by atoms with van der Waals surface area (Å²) in [6.45, 7) is 2.68. The number of benzene rings is 1. The zero-order valence-electron chi connectivity index (χ0n) is 11.3. The molecule has 1 aromatic rings. The van der Waals surface area contributed by atoms with Gasteiger partial charge in [-0.25, -0.2) is 0 Å². The summed E-state index contributed by atoms with van der Waals surface area (Å²) in [5, 5.41) is 11.5. The SMILES string of the molecule is Cc1ccc(C(=O)N2CCNC(=O)C2)c(C#CCO)c1. The van der Waals surface area contributed by atoms with Crippen LogP contribution in [0, 0.1) is 18.8 Å². The molecule has 5 heteroatoms. The Hall–Kier alpha value is -2.32. The van der Waals surface area contributed by atoms with E-state index in [4.69, 9.17) is 5.11 Å². The average molecular weight is 272 g/mol. The third kappa shape index (κ3) is 3.16. The summed E-state index contributed by atoms with van der Waals surface area (Å²) in [6, 6.07) is 5.35. The van der Waals surface area contributed by atoms with Crippen molar-refractivity contribution in [2.45, 2.75) is 6.92 Å². The summed E-state index contributed by atoms with van der Waals surface area (Å²) in [5.74, 6) is 4.98. The minimum absolute atomic E-state index is 0.0690. The van der Waals surface area contributed by atoms with Gasteiger partial charge in [-0.15, -0.1) is 0 Å². The Morgan fingerprint density at radius 3 is 3.00 bits per heavy atom. The van der Waals surface area contributed by atoms with Crippen LogP contribution in [0.3, 0.4) is 0 Å². The molecular weight excluding hydrogens is 256 g/mol. The number of rotatable bonds is 1. The third-order valence-electron chi connectivity index (χ3n) is 3.03. The molecule has 104 valence electrons.